The average molecular weight is 134 g/mol. The van der Waals surface area contributed by atoms with Crippen LogP contribution in [0.2, 0.25) is 0 Å². The minimum absolute atomic E-state index is 0.204. The van der Waals surface area contributed by atoms with Crippen molar-refractivity contribution in [2.24, 2.45) is 0 Å². The molecule has 1 nitrogen and oxygen atoms in total. The average Bonchev–Trinajstić information content (AvgIpc) is 2.00. The van der Waals surface area contributed by atoms with Crippen molar-refractivity contribution in [2.75, 3.05) is 0 Å². The molecule has 52 valence electrons. The Morgan fingerprint density at radius 1 is 1.10 bits per heavy atom. The largest absolute Gasteiger partial charge is 0.289 e. The Bertz CT molecular complexity index is 187. The molecule has 0 aromatic carbocycles. The summed E-state index contributed by atoms with van der Waals surface area (Å²) in [5.74, 6) is -0.204. The third kappa shape index (κ3) is 1.86. The molecule has 1 heteroatoms. The van der Waals surface area contributed by atoms with Gasteiger partial charge in [-0.15, -0.1) is 0 Å². The number of rotatable bonds is 4. The number of hydrogen-bond acceptors (Lipinski definition) is 1. The quantitative estimate of drug-likeness (QED) is 0.424. The first-order valence-corrected chi connectivity index (χ1v) is 2.81. The van der Waals surface area contributed by atoms with Gasteiger partial charge in [0.2, 0.25) is 0 Å². The van der Waals surface area contributed by atoms with Crippen LogP contribution in [-0.2, 0) is 4.79 Å². The Balaban J connectivity index is 4.36. The van der Waals surface area contributed by atoms with Gasteiger partial charge >= 0.3 is 0 Å². The van der Waals surface area contributed by atoms with Gasteiger partial charge in [-0.1, -0.05) is 32.4 Å². The zero-order valence-electron chi connectivity index (χ0n) is 5.89. The van der Waals surface area contributed by atoms with Gasteiger partial charge in [0.25, 0.3) is 0 Å². The fourth-order valence-electron chi connectivity index (χ4n) is 0.405. The highest BCUT2D eigenvalue weighted by Crippen LogP contribution is 2.06. The van der Waals surface area contributed by atoms with E-state index in [-0.39, 0.29) is 5.78 Å². The third-order valence-corrected chi connectivity index (χ3v) is 1.12. The van der Waals surface area contributed by atoms with Crippen LogP contribution in [0.25, 0.3) is 0 Å². The third-order valence-electron chi connectivity index (χ3n) is 1.12. The normalized spacial score (nSPS) is 8.00. The topological polar surface area (TPSA) is 17.1 Å². The van der Waals surface area contributed by atoms with Crippen molar-refractivity contribution in [3.05, 3.63) is 49.6 Å². The molecule has 0 spiro atoms. The van der Waals surface area contributed by atoms with E-state index in [9.17, 15) is 4.79 Å². The van der Waals surface area contributed by atoms with Crippen LogP contribution in [0.5, 0.6) is 0 Å². The van der Waals surface area contributed by atoms with Gasteiger partial charge in [-0.25, -0.2) is 0 Å². The summed E-state index contributed by atoms with van der Waals surface area (Å²) in [6.07, 6.45) is 2.70. The fourth-order valence-corrected chi connectivity index (χ4v) is 0.405. The molecule has 0 heterocycles. The molecule has 0 rings (SSSR count). The molecule has 0 aromatic rings. The van der Waals surface area contributed by atoms with E-state index in [0.717, 1.165) is 0 Å². The van der Waals surface area contributed by atoms with Gasteiger partial charge in [-0.3, -0.25) is 4.79 Å². The molecule has 0 amide bonds. The lowest BCUT2D eigenvalue weighted by Crippen LogP contribution is -1.96. The summed E-state index contributed by atoms with van der Waals surface area (Å²) in [7, 11) is 0. The van der Waals surface area contributed by atoms with E-state index in [4.69, 9.17) is 0 Å². The van der Waals surface area contributed by atoms with Crippen LogP contribution >= 0.6 is 0 Å². The van der Waals surface area contributed by atoms with Crippen molar-refractivity contribution >= 4 is 5.78 Å². The van der Waals surface area contributed by atoms with E-state index < -0.39 is 0 Å². The van der Waals surface area contributed by atoms with Crippen LogP contribution in [0.15, 0.2) is 49.6 Å². The van der Waals surface area contributed by atoms with Crippen LogP contribution < -0.4 is 0 Å². The summed E-state index contributed by atoms with van der Waals surface area (Å²) in [6, 6.07) is 0. The zero-order chi connectivity index (χ0) is 8.15. The van der Waals surface area contributed by atoms with Crippen LogP contribution in [-0.4, -0.2) is 5.78 Å². The van der Waals surface area contributed by atoms with Crippen LogP contribution in [0, 0.1) is 0 Å². The molecule has 0 fully saturated rings. The molecule has 0 bridgehead atoms. The standard InChI is InChI=1S/C9H10O/c1-5-7(3)8(4)9(10)6-2/h5-6H,1-4H2. The Morgan fingerprint density at radius 2 is 1.60 bits per heavy atom. The van der Waals surface area contributed by atoms with Crippen molar-refractivity contribution in [2.45, 2.75) is 0 Å². The number of carbonyl (C=O) groups excluding carboxylic acids is 1. The molecule has 0 aliphatic rings. The second kappa shape index (κ2) is 3.62. The number of carbonyl (C=O) groups is 1. The molecule has 0 aliphatic heterocycles. The van der Waals surface area contributed by atoms with Crippen molar-refractivity contribution in [1.82, 2.24) is 0 Å². The SMILES string of the molecule is C=CC(=C)C(=C)C(=O)C=C. The lowest BCUT2D eigenvalue weighted by atomic mass is 10.1. The van der Waals surface area contributed by atoms with Gasteiger partial charge < -0.3 is 0 Å². The van der Waals surface area contributed by atoms with E-state index in [2.05, 4.69) is 26.3 Å². The molecule has 0 radical (unpaired) electrons. The van der Waals surface area contributed by atoms with Crippen molar-refractivity contribution in [1.29, 1.82) is 0 Å². The molecule has 0 aromatic heterocycles. The highest BCUT2D eigenvalue weighted by molar-refractivity contribution is 6.06. The Hall–Kier alpha value is -1.37. The number of hydrogen-bond donors (Lipinski definition) is 0. The Kier molecular flexibility index (Phi) is 3.12. The van der Waals surface area contributed by atoms with Crippen molar-refractivity contribution < 1.29 is 4.79 Å². The summed E-state index contributed by atoms with van der Waals surface area (Å²) < 4.78 is 0. The predicted octanol–water partition coefficient (Wildman–Crippen LogP) is 2.04. The summed E-state index contributed by atoms with van der Waals surface area (Å²) in [5.41, 5.74) is 0.898. The van der Waals surface area contributed by atoms with Crippen molar-refractivity contribution in [3.8, 4) is 0 Å². The van der Waals surface area contributed by atoms with E-state index >= 15 is 0 Å². The smallest absolute Gasteiger partial charge is 0.185 e. The predicted molar refractivity (Wildman–Crippen MR) is 43.7 cm³/mol. The lowest BCUT2D eigenvalue weighted by molar-refractivity contribution is -0.111. The van der Waals surface area contributed by atoms with Crippen LogP contribution in [0.1, 0.15) is 0 Å². The minimum Gasteiger partial charge on any atom is -0.289 e. The first kappa shape index (κ1) is 8.63. The maximum atomic E-state index is 10.8. The Morgan fingerprint density at radius 3 is 1.90 bits per heavy atom. The van der Waals surface area contributed by atoms with Gasteiger partial charge in [-0.2, -0.15) is 0 Å². The van der Waals surface area contributed by atoms with Gasteiger partial charge in [-0.05, 0) is 11.6 Å². The second-order valence-electron chi connectivity index (χ2n) is 1.78. The van der Waals surface area contributed by atoms with E-state index in [1.807, 2.05) is 0 Å². The van der Waals surface area contributed by atoms with Crippen molar-refractivity contribution in [3.63, 3.8) is 0 Å². The molecular weight excluding hydrogens is 124 g/mol. The zero-order valence-corrected chi connectivity index (χ0v) is 5.89. The van der Waals surface area contributed by atoms with Gasteiger partial charge in [0.1, 0.15) is 0 Å². The summed E-state index contributed by atoms with van der Waals surface area (Å²) >= 11 is 0. The van der Waals surface area contributed by atoms with E-state index in [1.165, 1.54) is 12.2 Å². The number of allylic oxidation sites excluding steroid dienone is 4. The molecule has 0 saturated heterocycles. The van der Waals surface area contributed by atoms with Gasteiger partial charge in [0.05, 0.1) is 0 Å². The summed E-state index contributed by atoms with van der Waals surface area (Å²) in [4.78, 5) is 10.8. The Labute approximate surface area is 61.1 Å². The van der Waals surface area contributed by atoms with Gasteiger partial charge in [0, 0.05) is 5.57 Å². The summed E-state index contributed by atoms with van der Waals surface area (Å²) in [5, 5.41) is 0. The first-order valence-electron chi connectivity index (χ1n) is 2.81. The molecule has 0 aliphatic carbocycles. The minimum atomic E-state index is -0.204. The molecule has 0 atom stereocenters. The molecule has 0 unspecified atom stereocenters. The van der Waals surface area contributed by atoms with E-state index in [0.29, 0.717) is 11.1 Å². The van der Waals surface area contributed by atoms with Crippen LogP contribution in [0.3, 0.4) is 0 Å². The van der Waals surface area contributed by atoms with Crippen LogP contribution in [0.4, 0.5) is 0 Å². The van der Waals surface area contributed by atoms with E-state index in [1.54, 1.807) is 0 Å². The first-order chi connectivity index (χ1) is 4.63. The highest BCUT2D eigenvalue weighted by atomic mass is 16.1. The molecule has 0 saturated carbocycles. The highest BCUT2D eigenvalue weighted by Gasteiger charge is 2.01. The fraction of sp³-hybridized carbons (Fsp3) is 0. The maximum Gasteiger partial charge on any atom is 0.185 e. The molecule has 0 N–H and O–H groups in total. The maximum absolute atomic E-state index is 10.8. The lowest BCUT2D eigenvalue weighted by Gasteiger charge is -1.97. The number of ketones is 1. The molecule has 10 heavy (non-hydrogen) atoms. The molecular formula is C9H10O. The summed E-state index contributed by atoms with van der Waals surface area (Å²) in [6.45, 7) is 13.8. The second-order valence-corrected chi connectivity index (χ2v) is 1.78. The monoisotopic (exact) mass is 134 g/mol. The van der Waals surface area contributed by atoms with Gasteiger partial charge in [0.15, 0.2) is 5.78 Å².